The number of nitrogens with one attached hydrogen (secondary N) is 2. The minimum atomic E-state index is -0.509. The fourth-order valence-corrected chi connectivity index (χ4v) is 2.80. The lowest BCUT2D eigenvalue weighted by Gasteiger charge is -2.08. The Morgan fingerprint density at radius 1 is 1.27 bits per heavy atom. The smallest absolute Gasteiger partial charge is 0.223 e. The molecule has 26 heavy (non-hydrogen) atoms. The van der Waals surface area contributed by atoms with E-state index in [1.54, 1.807) is 37.4 Å². The highest BCUT2D eigenvalue weighted by molar-refractivity contribution is 5.77. The van der Waals surface area contributed by atoms with Gasteiger partial charge in [0.2, 0.25) is 5.95 Å². The maximum atomic E-state index is 14.4. The Hall–Kier alpha value is -2.80. The number of nitrogens with zero attached hydrogens (tertiary/aromatic N) is 3. The van der Waals surface area contributed by atoms with Gasteiger partial charge in [-0.25, -0.2) is 19.3 Å². The van der Waals surface area contributed by atoms with Gasteiger partial charge in [0.1, 0.15) is 17.3 Å². The van der Waals surface area contributed by atoms with Crippen LogP contribution in [0.3, 0.4) is 0 Å². The summed E-state index contributed by atoms with van der Waals surface area (Å²) in [6, 6.07) is 8.38. The van der Waals surface area contributed by atoms with Crippen LogP contribution in [0.4, 0.5) is 10.3 Å². The van der Waals surface area contributed by atoms with Crippen LogP contribution in [-0.4, -0.2) is 37.7 Å². The number of hydrogen-bond donors (Lipinski definition) is 3. The number of aromatic amines is 1. The molecule has 3 aromatic rings. The maximum absolute atomic E-state index is 14.4. The summed E-state index contributed by atoms with van der Waals surface area (Å²) in [5.41, 5.74) is 2.32. The molecule has 1 aliphatic carbocycles. The average molecular weight is 353 g/mol. The summed E-state index contributed by atoms with van der Waals surface area (Å²) in [6.45, 7) is 2.03. The summed E-state index contributed by atoms with van der Waals surface area (Å²) in [5.74, 6) is 1.37. The van der Waals surface area contributed by atoms with Crippen LogP contribution in [0, 0.1) is 5.82 Å². The molecule has 4 rings (SSSR count). The zero-order valence-electron chi connectivity index (χ0n) is 14.4. The molecular weight excluding hydrogens is 333 g/mol. The molecule has 7 heteroatoms. The third-order valence-corrected chi connectivity index (χ3v) is 4.28. The van der Waals surface area contributed by atoms with E-state index in [4.69, 9.17) is 0 Å². The topological polar surface area (TPSA) is 86.7 Å². The van der Waals surface area contributed by atoms with E-state index in [0.29, 0.717) is 41.1 Å². The molecule has 1 aliphatic rings. The quantitative estimate of drug-likeness (QED) is 0.633. The van der Waals surface area contributed by atoms with Gasteiger partial charge in [0.25, 0.3) is 0 Å². The molecule has 0 radical (unpaired) electrons. The molecule has 2 heterocycles. The van der Waals surface area contributed by atoms with Gasteiger partial charge in [-0.3, -0.25) is 0 Å². The molecule has 2 aromatic heterocycles. The first-order valence-corrected chi connectivity index (χ1v) is 8.72. The molecule has 3 N–H and O–H groups in total. The van der Waals surface area contributed by atoms with Crippen LogP contribution in [0.1, 0.15) is 31.5 Å². The lowest BCUT2D eigenvalue weighted by atomic mass is 10.1. The second kappa shape index (κ2) is 6.84. The molecule has 1 unspecified atom stereocenters. The van der Waals surface area contributed by atoms with E-state index >= 15 is 0 Å². The minimum Gasteiger partial charge on any atom is -0.392 e. The van der Waals surface area contributed by atoms with Crippen molar-refractivity contribution >= 4 is 5.95 Å². The molecule has 6 nitrogen and oxygen atoms in total. The second-order valence-corrected chi connectivity index (χ2v) is 6.60. The molecule has 0 bridgehead atoms. The van der Waals surface area contributed by atoms with Gasteiger partial charge < -0.3 is 15.4 Å². The molecule has 1 aromatic carbocycles. The minimum absolute atomic E-state index is 0.316. The van der Waals surface area contributed by atoms with Crippen molar-refractivity contribution in [2.24, 2.45) is 0 Å². The molecule has 1 fully saturated rings. The van der Waals surface area contributed by atoms with Crippen molar-refractivity contribution in [3.8, 4) is 22.6 Å². The fraction of sp³-hybridized carbons (Fsp3) is 0.316. The van der Waals surface area contributed by atoms with E-state index in [0.717, 1.165) is 18.7 Å². The molecule has 1 atom stereocenters. The van der Waals surface area contributed by atoms with Crippen molar-refractivity contribution in [1.82, 2.24) is 19.9 Å². The predicted molar refractivity (Wildman–Crippen MR) is 97.2 cm³/mol. The lowest BCUT2D eigenvalue weighted by Crippen LogP contribution is -2.16. The van der Waals surface area contributed by atoms with Crippen LogP contribution >= 0.6 is 0 Å². The Kier molecular flexibility index (Phi) is 4.38. The zero-order valence-corrected chi connectivity index (χ0v) is 14.4. The van der Waals surface area contributed by atoms with E-state index in [1.165, 1.54) is 6.07 Å². The van der Waals surface area contributed by atoms with Crippen molar-refractivity contribution in [2.75, 3.05) is 11.9 Å². The van der Waals surface area contributed by atoms with Gasteiger partial charge in [0, 0.05) is 24.2 Å². The summed E-state index contributed by atoms with van der Waals surface area (Å²) >= 11 is 0. The predicted octanol–water partition coefficient (Wildman–Crippen LogP) is 3.34. The first-order valence-electron chi connectivity index (χ1n) is 8.72. The first kappa shape index (κ1) is 16.7. The van der Waals surface area contributed by atoms with Gasteiger partial charge in [-0.05, 0) is 38.0 Å². The van der Waals surface area contributed by atoms with Crippen molar-refractivity contribution in [3.63, 3.8) is 0 Å². The number of hydrogen-bond acceptors (Lipinski definition) is 5. The Balaban J connectivity index is 1.76. The van der Waals surface area contributed by atoms with Crippen molar-refractivity contribution in [3.05, 3.63) is 48.2 Å². The van der Waals surface area contributed by atoms with E-state index < -0.39 is 6.10 Å². The van der Waals surface area contributed by atoms with Gasteiger partial charge in [-0.2, -0.15) is 0 Å². The monoisotopic (exact) mass is 353 g/mol. The Morgan fingerprint density at radius 2 is 2.08 bits per heavy atom. The van der Waals surface area contributed by atoms with Gasteiger partial charge in [-0.1, -0.05) is 12.1 Å². The highest BCUT2D eigenvalue weighted by Crippen LogP contribution is 2.41. The summed E-state index contributed by atoms with van der Waals surface area (Å²) < 4.78 is 14.4. The fourth-order valence-electron chi connectivity index (χ4n) is 2.80. The molecule has 1 saturated carbocycles. The van der Waals surface area contributed by atoms with Crippen LogP contribution in [0.15, 0.2) is 36.5 Å². The van der Waals surface area contributed by atoms with Crippen molar-refractivity contribution in [2.45, 2.75) is 31.8 Å². The van der Waals surface area contributed by atoms with Crippen LogP contribution in [0.2, 0.25) is 0 Å². The molecule has 0 amide bonds. The van der Waals surface area contributed by atoms with Gasteiger partial charge >= 0.3 is 0 Å². The number of H-pyrrole nitrogens is 1. The number of benzene rings is 1. The summed E-state index contributed by atoms with van der Waals surface area (Å²) in [4.78, 5) is 16.7. The SMILES string of the molecule is CC(O)CNc1nccc(-c2[nH]c(C3CC3)nc2-c2ccccc2F)n1. The van der Waals surface area contributed by atoms with Crippen molar-refractivity contribution < 1.29 is 9.50 Å². The third kappa shape index (κ3) is 3.43. The number of halogens is 1. The van der Waals surface area contributed by atoms with E-state index in [2.05, 4.69) is 25.3 Å². The summed E-state index contributed by atoms with van der Waals surface area (Å²) in [6.07, 6.45) is 3.31. The molecular formula is C19H20FN5O. The van der Waals surface area contributed by atoms with Gasteiger partial charge in [0.15, 0.2) is 0 Å². The normalized spacial score (nSPS) is 15.0. The molecule has 0 spiro atoms. The third-order valence-electron chi connectivity index (χ3n) is 4.28. The standard InChI is InChI=1S/C19H20FN5O/c1-11(26)10-22-19-21-9-8-15(23-19)17-16(13-4-2-3-5-14(13)20)24-18(25-17)12-6-7-12/h2-5,8-9,11-12,26H,6-7,10H2,1H3,(H,24,25)(H,21,22,23). The lowest BCUT2D eigenvalue weighted by molar-refractivity contribution is 0.208. The largest absolute Gasteiger partial charge is 0.392 e. The Bertz CT molecular complexity index is 920. The highest BCUT2D eigenvalue weighted by Gasteiger charge is 2.29. The number of imidazole rings is 1. The second-order valence-electron chi connectivity index (χ2n) is 6.60. The summed E-state index contributed by atoms with van der Waals surface area (Å²) in [7, 11) is 0. The number of anilines is 1. The zero-order chi connectivity index (χ0) is 18.1. The molecule has 134 valence electrons. The number of aliphatic hydroxyl groups is 1. The number of aromatic nitrogens is 4. The van der Waals surface area contributed by atoms with E-state index in [1.807, 2.05) is 0 Å². The van der Waals surface area contributed by atoms with Crippen LogP contribution in [0.25, 0.3) is 22.6 Å². The average Bonchev–Trinajstić information content (AvgIpc) is 3.40. The summed E-state index contributed by atoms with van der Waals surface area (Å²) in [5, 5.41) is 12.4. The molecule has 0 saturated heterocycles. The first-order chi connectivity index (χ1) is 12.6. The Labute approximate surface area is 150 Å². The van der Waals surface area contributed by atoms with Crippen LogP contribution in [0.5, 0.6) is 0 Å². The number of rotatable bonds is 6. The van der Waals surface area contributed by atoms with Crippen LogP contribution in [-0.2, 0) is 0 Å². The number of aliphatic hydroxyl groups excluding tert-OH is 1. The molecule has 0 aliphatic heterocycles. The van der Waals surface area contributed by atoms with Gasteiger partial charge in [0.05, 0.1) is 17.5 Å². The van der Waals surface area contributed by atoms with Crippen molar-refractivity contribution in [1.29, 1.82) is 0 Å². The Morgan fingerprint density at radius 3 is 2.81 bits per heavy atom. The van der Waals surface area contributed by atoms with E-state index in [-0.39, 0.29) is 5.82 Å². The van der Waals surface area contributed by atoms with Crippen LogP contribution < -0.4 is 5.32 Å². The van der Waals surface area contributed by atoms with E-state index in [9.17, 15) is 9.50 Å². The highest BCUT2D eigenvalue weighted by atomic mass is 19.1. The maximum Gasteiger partial charge on any atom is 0.223 e. The van der Waals surface area contributed by atoms with Gasteiger partial charge in [-0.15, -0.1) is 0 Å².